The van der Waals surface area contributed by atoms with Crippen LogP contribution in [0.25, 0.3) is 0 Å². The van der Waals surface area contributed by atoms with Crippen molar-refractivity contribution in [1.82, 2.24) is 0 Å². The van der Waals surface area contributed by atoms with E-state index in [0.29, 0.717) is 22.0 Å². The molecular formula is C14H12ClIN2O. The van der Waals surface area contributed by atoms with E-state index >= 15 is 0 Å². The number of nitrogens with two attached hydrogens (primary N) is 1. The van der Waals surface area contributed by atoms with Crippen LogP contribution in [0.1, 0.15) is 15.9 Å². The summed E-state index contributed by atoms with van der Waals surface area (Å²) in [6, 6.07) is 10.7. The largest absolute Gasteiger partial charge is 0.397 e. The number of carbonyl (C=O) groups is 1. The molecule has 0 fully saturated rings. The Kier molecular flexibility index (Phi) is 4.31. The molecule has 0 atom stereocenters. The van der Waals surface area contributed by atoms with Crippen molar-refractivity contribution in [2.24, 2.45) is 0 Å². The highest BCUT2D eigenvalue weighted by molar-refractivity contribution is 14.1. The molecule has 0 bridgehead atoms. The van der Waals surface area contributed by atoms with Gasteiger partial charge in [0.1, 0.15) is 0 Å². The Morgan fingerprint density at radius 1 is 1.32 bits per heavy atom. The standard InChI is InChI=1S/C14H12ClIN2O/c1-8-3-2-4-12(17)13(8)18-14(19)9-5-6-11(16)10(15)7-9/h2-7H,17H2,1H3,(H,18,19). The van der Waals surface area contributed by atoms with Gasteiger partial charge < -0.3 is 11.1 Å². The third-order valence-electron chi connectivity index (χ3n) is 2.73. The highest BCUT2D eigenvalue weighted by Gasteiger charge is 2.11. The van der Waals surface area contributed by atoms with E-state index in [0.717, 1.165) is 9.13 Å². The molecule has 0 heterocycles. The molecule has 19 heavy (non-hydrogen) atoms. The molecule has 1 amide bonds. The number of amides is 1. The average Bonchev–Trinajstić information content (AvgIpc) is 2.37. The first-order valence-electron chi connectivity index (χ1n) is 5.60. The van der Waals surface area contributed by atoms with Crippen LogP contribution in [0, 0.1) is 10.5 Å². The molecule has 0 unspecified atom stereocenters. The number of benzene rings is 2. The molecule has 0 aliphatic rings. The molecule has 98 valence electrons. The van der Waals surface area contributed by atoms with Gasteiger partial charge in [-0.2, -0.15) is 0 Å². The summed E-state index contributed by atoms with van der Waals surface area (Å²) in [4.78, 5) is 12.2. The highest BCUT2D eigenvalue weighted by atomic mass is 127. The minimum atomic E-state index is -0.223. The Hall–Kier alpha value is -1.27. The first-order valence-corrected chi connectivity index (χ1v) is 7.06. The van der Waals surface area contributed by atoms with Gasteiger partial charge >= 0.3 is 0 Å². The van der Waals surface area contributed by atoms with Crippen LogP contribution in [0.2, 0.25) is 5.02 Å². The Balaban J connectivity index is 2.28. The van der Waals surface area contributed by atoms with Crippen LogP contribution in [-0.4, -0.2) is 5.91 Å². The van der Waals surface area contributed by atoms with Crippen molar-refractivity contribution in [2.75, 3.05) is 11.1 Å². The van der Waals surface area contributed by atoms with E-state index in [1.54, 1.807) is 24.3 Å². The van der Waals surface area contributed by atoms with Crippen LogP contribution in [0.5, 0.6) is 0 Å². The van der Waals surface area contributed by atoms with Gasteiger partial charge in [-0.3, -0.25) is 4.79 Å². The fourth-order valence-corrected chi connectivity index (χ4v) is 2.20. The van der Waals surface area contributed by atoms with Gasteiger partial charge in [0.25, 0.3) is 5.91 Å². The van der Waals surface area contributed by atoms with Gasteiger partial charge in [-0.25, -0.2) is 0 Å². The third-order valence-corrected chi connectivity index (χ3v) is 4.30. The van der Waals surface area contributed by atoms with Gasteiger partial charge in [-0.15, -0.1) is 0 Å². The van der Waals surface area contributed by atoms with E-state index in [2.05, 4.69) is 27.9 Å². The highest BCUT2D eigenvalue weighted by Crippen LogP contribution is 2.24. The summed E-state index contributed by atoms with van der Waals surface area (Å²) < 4.78 is 0.909. The van der Waals surface area contributed by atoms with E-state index in [4.69, 9.17) is 17.3 Å². The van der Waals surface area contributed by atoms with E-state index in [1.807, 2.05) is 19.1 Å². The van der Waals surface area contributed by atoms with Crippen molar-refractivity contribution in [2.45, 2.75) is 6.92 Å². The molecule has 0 aliphatic carbocycles. The molecule has 2 aromatic rings. The average molecular weight is 387 g/mol. The van der Waals surface area contributed by atoms with E-state index in [-0.39, 0.29) is 5.91 Å². The molecule has 2 rings (SSSR count). The van der Waals surface area contributed by atoms with Crippen molar-refractivity contribution in [3.05, 3.63) is 56.1 Å². The normalized spacial score (nSPS) is 10.3. The Bertz CT molecular complexity index is 623. The molecule has 3 N–H and O–H groups in total. The van der Waals surface area contributed by atoms with Crippen molar-refractivity contribution >= 4 is 51.5 Å². The molecule has 3 nitrogen and oxygen atoms in total. The topological polar surface area (TPSA) is 55.1 Å². The number of carbonyl (C=O) groups excluding carboxylic acids is 1. The van der Waals surface area contributed by atoms with Gasteiger partial charge in [-0.05, 0) is 59.3 Å². The van der Waals surface area contributed by atoms with E-state index < -0.39 is 0 Å². The van der Waals surface area contributed by atoms with E-state index in [1.165, 1.54) is 0 Å². The minimum absolute atomic E-state index is 0.223. The summed E-state index contributed by atoms with van der Waals surface area (Å²) in [5.74, 6) is -0.223. The van der Waals surface area contributed by atoms with Crippen molar-refractivity contribution in [3.8, 4) is 0 Å². The number of hydrogen-bond donors (Lipinski definition) is 2. The zero-order valence-electron chi connectivity index (χ0n) is 10.2. The van der Waals surface area contributed by atoms with Crippen molar-refractivity contribution < 1.29 is 4.79 Å². The SMILES string of the molecule is Cc1cccc(N)c1NC(=O)c1ccc(I)c(Cl)c1. The zero-order chi connectivity index (χ0) is 14.0. The number of anilines is 2. The number of aryl methyl sites for hydroxylation is 1. The zero-order valence-corrected chi connectivity index (χ0v) is 13.1. The minimum Gasteiger partial charge on any atom is -0.397 e. The summed E-state index contributed by atoms with van der Waals surface area (Å²) in [5.41, 5.74) is 8.48. The summed E-state index contributed by atoms with van der Waals surface area (Å²) in [6.45, 7) is 1.90. The first kappa shape index (κ1) is 14.1. The third kappa shape index (κ3) is 3.19. The molecule has 2 aromatic carbocycles. The molecule has 5 heteroatoms. The lowest BCUT2D eigenvalue weighted by molar-refractivity contribution is 0.102. The van der Waals surface area contributed by atoms with Gasteiger partial charge in [0.15, 0.2) is 0 Å². The lowest BCUT2D eigenvalue weighted by atomic mass is 10.1. The predicted molar refractivity (Wildman–Crippen MR) is 87.7 cm³/mol. The Labute approximate surface area is 130 Å². The summed E-state index contributed by atoms with van der Waals surface area (Å²) in [5, 5.41) is 3.38. The van der Waals surface area contributed by atoms with Gasteiger partial charge in [0.2, 0.25) is 0 Å². The van der Waals surface area contributed by atoms with Crippen molar-refractivity contribution in [1.29, 1.82) is 0 Å². The molecule has 0 saturated heterocycles. The molecule has 0 aliphatic heterocycles. The second kappa shape index (κ2) is 5.79. The van der Waals surface area contributed by atoms with Crippen LogP contribution in [-0.2, 0) is 0 Å². The van der Waals surface area contributed by atoms with Gasteiger partial charge in [-0.1, -0.05) is 23.7 Å². The first-order chi connectivity index (χ1) is 8.99. The fourth-order valence-electron chi connectivity index (χ4n) is 1.68. The smallest absolute Gasteiger partial charge is 0.255 e. The second-order valence-corrected chi connectivity index (χ2v) is 5.69. The van der Waals surface area contributed by atoms with Crippen LogP contribution in [0.3, 0.4) is 0 Å². The quantitative estimate of drug-likeness (QED) is 0.603. The Morgan fingerprint density at radius 2 is 2.05 bits per heavy atom. The number of rotatable bonds is 2. The number of hydrogen-bond acceptors (Lipinski definition) is 2. The number of para-hydroxylation sites is 1. The van der Waals surface area contributed by atoms with Gasteiger partial charge in [0, 0.05) is 9.13 Å². The number of nitrogen functional groups attached to an aromatic ring is 1. The molecule has 0 saturated carbocycles. The lowest BCUT2D eigenvalue weighted by Gasteiger charge is -2.11. The van der Waals surface area contributed by atoms with E-state index in [9.17, 15) is 4.79 Å². The van der Waals surface area contributed by atoms with Crippen LogP contribution in [0.4, 0.5) is 11.4 Å². The molecule has 0 radical (unpaired) electrons. The summed E-state index contributed by atoms with van der Waals surface area (Å²) in [6.07, 6.45) is 0. The summed E-state index contributed by atoms with van der Waals surface area (Å²) in [7, 11) is 0. The maximum atomic E-state index is 12.2. The maximum absolute atomic E-state index is 12.2. The fraction of sp³-hybridized carbons (Fsp3) is 0.0714. The molecular weight excluding hydrogens is 375 g/mol. The van der Waals surface area contributed by atoms with Crippen LogP contribution < -0.4 is 11.1 Å². The van der Waals surface area contributed by atoms with Crippen molar-refractivity contribution in [3.63, 3.8) is 0 Å². The maximum Gasteiger partial charge on any atom is 0.255 e. The Morgan fingerprint density at radius 3 is 2.68 bits per heavy atom. The second-order valence-electron chi connectivity index (χ2n) is 4.12. The van der Waals surface area contributed by atoms with Crippen LogP contribution >= 0.6 is 34.2 Å². The monoisotopic (exact) mass is 386 g/mol. The van der Waals surface area contributed by atoms with Crippen LogP contribution in [0.15, 0.2) is 36.4 Å². The lowest BCUT2D eigenvalue weighted by Crippen LogP contribution is -2.14. The molecule has 0 spiro atoms. The number of nitrogens with one attached hydrogen (secondary N) is 1. The predicted octanol–water partition coefficient (Wildman–Crippen LogP) is 4.09. The van der Waals surface area contributed by atoms with Gasteiger partial charge in [0.05, 0.1) is 16.4 Å². The molecule has 0 aromatic heterocycles. The summed E-state index contributed by atoms with van der Waals surface area (Å²) >= 11 is 8.13. The number of halogens is 2.